The summed E-state index contributed by atoms with van der Waals surface area (Å²) in [4.78, 5) is 17.4. The molecule has 5 heteroatoms. The molecule has 2 aromatic rings. The fourth-order valence-corrected chi connectivity index (χ4v) is 2.60. The van der Waals surface area contributed by atoms with Crippen molar-refractivity contribution < 1.29 is 0 Å². The van der Waals surface area contributed by atoms with Gasteiger partial charge in [0.1, 0.15) is 12.0 Å². The summed E-state index contributed by atoms with van der Waals surface area (Å²) in [5.74, 6) is 1.27. The number of rotatable bonds is 2. The van der Waals surface area contributed by atoms with Gasteiger partial charge in [0.15, 0.2) is 5.82 Å². The zero-order valence-corrected chi connectivity index (χ0v) is 11.0. The van der Waals surface area contributed by atoms with E-state index in [9.17, 15) is 0 Å². The van der Waals surface area contributed by atoms with Crippen LogP contribution in [0.15, 0.2) is 18.6 Å². The monoisotopic (exact) mass is 255 g/mol. The average Bonchev–Trinajstić information content (AvgIpc) is 2.48. The topological polar surface area (TPSA) is 77.6 Å². The molecule has 1 aliphatic carbocycles. The maximum absolute atomic E-state index is 5.77. The van der Waals surface area contributed by atoms with Gasteiger partial charge in [-0.05, 0) is 50.3 Å². The molecule has 0 amide bonds. The second-order valence-electron chi connectivity index (χ2n) is 5.00. The van der Waals surface area contributed by atoms with Crippen LogP contribution < -0.4 is 5.73 Å². The Morgan fingerprint density at radius 3 is 3.00 bits per heavy atom. The van der Waals surface area contributed by atoms with Gasteiger partial charge in [0.05, 0.1) is 0 Å². The summed E-state index contributed by atoms with van der Waals surface area (Å²) in [5.41, 5.74) is 10.0. The molecule has 2 N–H and O–H groups in total. The molecule has 3 rings (SSSR count). The second kappa shape index (κ2) is 5.01. The molecule has 1 unspecified atom stereocenters. The second-order valence-corrected chi connectivity index (χ2v) is 5.00. The van der Waals surface area contributed by atoms with Gasteiger partial charge in [-0.15, -0.1) is 0 Å². The molecular weight excluding hydrogens is 238 g/mol. The molecule has 2 heterocycles. The highest BCUT2D eigenvalue weighted by Crippen LogP contribution is 2.27. The van der Waals surface area contributed by atoms with Crippen molar-refractivity contribution in [2.24, 2.45) is 11.7 Å². The molecule has 0 saturated heterocycles. The molecule has 19 heavy (non-hydrogen) atoms. The molecule has 0 aliphatic heterocycles. The summed E-state index contributed by atoms with van der Waals surface area (Å²) < 4.78 is 0. The van der Waals surface area contributed by atoms with E-state index in [2.05, 4.69) is 19.9 Å². The van der Waals surface area contributed by atoms with Gasteiger partial charge in [-0.1, -0.05) is 0 Å². The number of nitrogens with zero attached hydrogens (tertiary/aromatic N) is 4. The Morgan fingerprint density at radius 1 is 1.37 bits per heavy atom. The van der Waals surface area contributed by atoms with Crippen LogP contribution >= 0.6 is 0 Å². The summed E-state index contributed by atoms with van der Waals surface area (Å²) in [7, 11) is 0. The normalized spacial score (nSPS) is 18.1. The zero-order valence-electron chi connectivity index (χ0n) is 11.0. The Hall–Kier alpha value is -1.88. The third-order valence-corrected chi connectivity index (χ3v) is 3.73. The Labute approximate surface area is 112 Å². The van der Waals surface area contributed by atoms with E-state index >= 15 is 0 Å². The fourth-order valence-electron chi connectivity index (χ4n) is 2.60. The summed E-state index contributed by atoms with van der Waals surface area (Å²) >= 11 is 0. The summed E-state index contributed by atoms with van der Waals surface area (Å²) in [6.07, 6.45) is 6.34. The van der Waals surface area contributed by atoms with Gasteiger partial charge in [-0.2, -0.15) is 0 Å². The SMILES string of the molecule is Cc1nc(-c2ccncn2)nc2c1CC(CN)CC2. The van der Waals surface area contributed by atoms with Crippen LogP contribution in [-0.4, -0.2) is 26.5 Å². The van der Waals surface area contributed by atoms with Crippen molar-refractivity contribution in [3.63, 3.8) is 0 Å². The van der Waals surface area contributed by atoms with Gasteiger partial charge in [0.2, 0.25) is 0 Å². The van der Waals surface area contributed by atoms with Crippen molar-refractivity contribution in [3.8, 4) is 11.5 Å². The molecule has 2 aromatic heterocycles. The number of fused-ring (bicyclic) bond motifs is 1. The molecule has 1 atom stereocenters. The highest BCUT2D eigenvalue weighted by molar-refractivity contribution is 5.49. The Kier molecular flexibility index (Phi) is 3.21. The third kappa shape index (κ3) is 2.33. The highest BCUT2D eigenvalue weighted by atomic mass is 14.9. The van der Waals surface area contributed by atoms with Crippen molar-refractivity contribution >= 4 is 0 Å². The van der Waals surface area contributed by atoms with Crippen LogP contribution in [0.1, 0.15) is 23.4 Å². The highest BCUT2D eigenvalue weighted by Gasteiger charge is 2.22. The van der Waals surface area contributed by atoms with Crippen molar-refractivity contribution in [2.75, 3.05) is 6.54 Å². The quantitative estimate of drug-likeness (QED) is 0.875. The number of hydrogen-bond donors (Lipinski definition) is 1. The van der Waals surface area contributed by atoms with E-state index in [0.29, 0.717) is 11.7 Å². The zero-order chi connectivity index (χ0) is 13.2. The molecular formula is C14H17N5. The first kappa shape index (κ1) is 12.2. The largest absolute Gasteiger partial charge is 0.330 e. The predicted octanol–water partition coefficient (Wildman–Crippen LogP) is 1.31. The van der Waals surface area contributed by atoms with Crippen molar-refractivity contribution in [1.82, 2.24) is 19.9 Å². The van der Waals surface area contributed by atoms with E-state index in [1.54, 1.807) is 6.20 Å². The van der Waals surface area contributed by atoms with E-state index in [1.807, 2.05) is 13.0 Å². The first-order valence-electron chi connectivity index (χ1n) is 6.60. The third-order valence-electron chi connectivity index (χ3n) is 3.73. The van der Waals surface area contributed by atoms with Crippen LogP contribution in [0.2, 0.25) is 0 Å². The van der Waals surface area contributed by atoms with Crippen molar-refractivity contribution in [2.45, 2.75) is 26.2 Å². The lowest BCUT2D eigenvalue weighted by Gasteiger charge is -2.24. The number of nitrogens with two attached hydrogens (primary N) is 1. The molecule has 0 saturated carbocycles. The summed E-state index contributed by atoms with van der Waals surface area (Å²) in [6, 6.07) is 1.84. The first-order chi connectivity index (χ1) is 9.28. The maximum atomic E-state index is 5.77. The smallest absolute Gasteiger partial charge is 0.178 e. The van der Waals surface area contributed by atoms with Gasteiger partial charge in [0, 0.05) is 17.6 Å². The lowest BCUT2D eigenvalue weighted by atomic mass is 9.86. The van der Waals surface area contributed by atoms with Crippen LogP contribution in [0.25, 0.3) is 11.5 Å². The number of aromatic nitrogens is 4. The van der Waals surface area contributed by atoms with Gasteiger partial charge >= 0.3 is 0 Å². The van der Waals surface area contributed by atoms with Crippen LogP contribution in [0, 0.1) is 12.8 Å². The standard InChI is InChI=1S/C14H17N5/c1-9-11-6-10(7-15)2-3-12(11)19-14(18-9)13-4-5-16-8-17-13/h4-5,8,10H,2-3,6-7,15H2,1H3. The van der Waals surface area contributed by atoms with Crippen LogP contribution in [0.4, 0.5) is 0 Å². The van der Waals surface area contributed by atoms with E-state index in [1.165, 1.54) is 11.9 Å². The molecule has 0 aromatic carbocycles. The minimum absolute atomic E-state index is 0.569. The van der Waals surface area contributed by atoms with E-state index < -0.39 is 0 Å². The van der Waals surface area contributed by atoms with Gasteiger partial charge in [0.25, 0.3) is 0 Å². The first-order valence-corrected chi connectivity index (χ1v) is 6.60. The molecule has 0 fully saturated rings. The van der Waals surface area contributed by atoms with E-state index in [0.717, 1.165) is 42.9 Å². The van der Waals surface area contributed by atoms with Gasteiger partial charge < -0.3 is 5.73 Å². The lowest BCUT2D eigenvalue weighted by Crippen LogP contribution is -2.24. The number of hydrogen-bond acceptors (Lipinski definition) is 5. The Morgan fingerprint density at radius 2 is 2.26 bits per heavy atom. The van der Waals surface area contributed by atoms with Gasteiger partial charge in [-0.25, -0.2) is 19.9 Å². The summed E-state index contributed by atoms with van der Waals surface area (Å²) in [6.45, 7) is 2.79. The minimum atomic E-state index is 0.569. The molecule has 0 spiro atoms. The Balaban J connectivity index is 2.01. The van der Waals surface area contributed by atoms with Crippen molar-refractivity contribution in [3.05, 3.63) is 35.5 Å². The molecule has 98 valence electrons. The van der Waals surface area contributed by atoms with E-state index in [4.69, 9.17) is 5.73 Å². The fraction of sp³-hybridized carbons (Fsp3) is 0.429. The van der Waals surface area contributed by atoms with E-state index in [-0.39, 0.29) is 0 Å². The lowest BCUT2D eigenvalue weighted by molar-refractivity contribution is 0.460. The maximum Gasteiger partial charge on any atom is 0.178 e. The Bertz CT molecular complexity index is 582. The number of aryl methyl sites for hydroxylation is 2. The molecule has 0 radical (unpaired) electrons. The molecule has 1 aliphatic rings. The van der Waals surface area contributed by atoms with Crippen LogP contribution in [0.5, 0.6) is 0 Å². The minimum Gasteiger partial charge on any atom is -0.330 e. The molecule has 5 nitrogen and oxygen atoms in total. The van der Waals surface area contributed by atoms with Gasteiger partial charge in [-0.3, -0.25) is 0 Å². The predicted molar refractivity (Wildman–Crippen MR) is 72.4 cm³/mol. The van der Waals surface area contributed by atoms with Crippen LogP contribution in [0.3, 0.4) is 0 Å². The van der Waals surface area contributed by atoms with Crippen LogP contribution in [-0.2, 0) is 12.8 Å². The molecule has 0 bridgehead atoms. The van der Waals surface area contributed by atoms with Crippen molar-refractivity contribution in [1.29, 1.82) is 0 Å². The average molecular weight is 255 g/mol. The summed E-state index contributed by atoms with van der Waals surface area (Å²) in [5, 5.41) is 0.